The summed E-state index contributed by atoms with van der Waals surface area (Å²) in [5.74, 6) is 0. The number of anilines is 3. The van der Waals surface area contributed by atoms with Gasteiger partial charge in [0.2, 0.25) is 0 Å². The van der Waals surface area contributed by atoms with Crippen LogP contribution in [0.3, 0.4) is 0 Å². The van der Waals surface area contributed by atoms with E-state index >= 15 is 0 Å². The molecule has 1 heterocycles. The van der Waals surface area contributed by atoms with Gasteiger partial charge in [0.15, 0.2) is 0 Å². The van der Waals surface area contributed by atoms with Gasteiger partial charge in [0.05, 0.1) is 16.1 Å². The smallest absolute Gasteiger partial charge is 0.0640 e. The van der Waals surface area contributed by atoms with Gasteiger partial charge in [0.25, 0.3) is 0 Å². The van der Waals surface area contributed by atoms with Gasteiger partial charge in [-0.05, 0) is 92.9 Å². The monoisotopic (exact) mass is 721 g/mol. The highest BCUT2D eigenvalue weighted by atomic mass is 32.1. The molecule has 0 saturated heterocycles. The van der Waals surface area contributed by atoms with E-state index in [9.17, 15) is 0 Å². The topological polar surface area (TPSA) is 3.24 Å². The van der Waals surface area contributed by atoms with Crippen molar-refractivity contribution in [1.82, 2.24) is 0 Å². The third-order valence-corrected chi connectivity index (χ3v) is 13.8. The maximum atomic E-state index is 2.54. The van der Waals surface area contributed by atoms with Crippen LogP contribution in [0, 0.1) is 0 Å². The molecule has 0 spiro atoms. The second kappa shape index (κ2) is 11.9. The Labute approximate surface area is 326 Å². The summed E-state index contributed by atoms with van der Waals surface area (Å²) < 4.78 is 2.60. The Hall–Kier alpha value is -6.22. The van der Waals surface area contributed by atoms with E-state index in [4.69, 9.17) is 0 Å². The van der Waals surface area contributed by atoms with Gasteiger partial charge >= 0.3 is 0 Å². The van der Waals surface area contributed by atoms with Crippen LogP contribution in [0.2, 0.25) is 0 Å². The van der Waals surface area contributed by atoms with Gasteiger partial charge in [0.1, 0.15) is 0 Å². The Kier molecular flexibility index (Phi) is 6.97. The Balaban J connectivity index is 1.20. The molecule has 1 atom stereocenters. The van der Waals surface area contributed by atoms with Gasteiger partial charge < -0.3 is 4.90 Å². The van der Waals surface area contributed by atoms with E-state index in [1.54, 1.807) is 0 Å². The van der Waals surface area contributed by atoms with Crippen molar-refractivity contribution in [3.8, 4) is 33.4 Å². The molecule has 0 radical (unpaired) electrons. The first kappa shape index (κ1) is 32.2. The molecule has 0 N–H and O–H groups in total. The first-order chi connectivity index (χ1) is 26.9. The highest BCUT2D eigenvalue weighted by molar-refractivity contribution is 7.26. The number of nitrogens with zero attached hydrogens (tertiary/aromatic N) is 1. The zero-order chi connectivity index (χ0) is 36.9. The molecule has 11 rings (SSSR count). The number of benzene rings is 8. The molecule has 2 aliphatic carbocycles. The van der Waals surface area contributed by atoms with Crippen LogP contribution in [0.15, 0.2) is 182 Å². The summed E-state index contributed by atoms with van der Waals surface area (Å²) in [7, 11) is 0. The second-order valence-corrected chi connectivity index (χ2v) is 16.8. The zero-order valence-electron chi connectivity index (χ0n) is 31.2. The van der Waals surface area contributed by atoms with E-state index in [1.165, 1.54) is 92.7 Å². The van der Waals surface area contributed by atoms with E-state index in [1.807, 2.05) is 11.3 Å². The summed E-state index contributed by atoms with van der Waals surface area (Å²) in [6.07, 6.45) is 0. The summed E-state index contributed by atoms with van der Waals surface area (Å²) in [6, 6.07) is 67.9. The minimum absolute atomic E-state index is 0.0853. The fourth-order valence-electron chi connectivity index (χ4n) is 9.90. The lowest BCUT2D eigenvalue weighted by atomic mass is 9.74. The molecule has 55 heavy (non-hydrogen) atoms. The Morgan fingerprint density at radius 3 is 1.87 bits per heavy atom. The molecule has 1 aromatic heterocycles. The van der Waals surface area contributed by atoms with Crippen molar-refractivity contribution in [3.63, 3.8) is 0 Å². The molecular formula is C53H39NS. The van der Waals surface area contributed by atoms with Gasteiger partial charge in [-0.25, -0.2) is 0 Å². The summed E-state index contributed by atoms with van der Waals surface area (Å²) in [6.45, 7) is 7.13. The summed E-state index contributed by atoms with van der Waals surface area (Å²) in [4.78, 5) is 2.54. The quantitative estimate of drug-likeness (QED) is 0.171. The van der Waals surface area contributed by atoms with Crippen LogP contribution in [0.4, 0.5) is 17.1 Å². The molecule has 0 amide bonds. The molecule has 0 bridgehead atoms. The van der Waals surface area contributed by atoms with Crippen molar-refractivity contribution in [2.75, 3.05) is 4.90 Å². The molecule has 2 aliphatic rings. The Morgan fingerprint density at radius 1 is 0.418 bits per heavy atom. The van der Waals surface area contributed by atoms with Crippen LogP contribution in [0.25, 0.3) is 53.6 Å². The van der Waals surface area contributed by atoms with Crippen LogP contribution >= 0.6 is 11.3 Å². The van der Waals surface area contributed by atoms with Crippen molar-refractivity contribution in [1.29, 1.82) is 0 Å². The maximum Gasteiger partial charge on any atom is 0.0640 e. The van der Waals surface area contributed by atoms with Crippen molar-refractivity contribution < 1.29 is 0 Å². The van der Waals surface area contributed by atoms with Crippen molar-refractivity contribution in [2.45, 2.75) is 31.6 Å². The standard InChI is InChI=1S/C53H39NS/c1-52(2)43-25-11-8-22-41(43)50-39(23-15-27-46(50)52)37-20-9-13-28-47(37)54(48-29-16-24-40-38-21-10-14-30-49(38)55-51(40)48)35-31-32-45-42(33-35)36-19-7-12-26-44(36)53(45,3)34-17-5-4-6-18-34/h4-33H,1-3H3. The molecule has 262 valence electrons. The predicted molar refractivity (Wildman–Crippen MR) is 234 cm³/mol. The lowest BCUT2D eigenvalue weighted by Crippen LogP contribution is -2.22. The molecular weight excluding hydrogens is 683 g/mol. The highest BCUT2D eigenvalue weighted by Crippen LogP contribution is 2.57. The fourth-order valence-corrected chi connectivity index (χ4v) is 11.1. The molecule has 1 nitrogen and oxygen atoms in total. The summed E-state index contributed by atoms with van der Waals surface area (Å²) in [5.41, 5.74) is 17.7. The van der Waals surface area contributed by atoms with Crippen molar-refractivity contribution in [3.05, 3.63) is 210 Å². The number of para-hydroxylation sites is 1. The first-order valence-electron chi connectivity index (χ1n) is 19.3. The Bertz CT molecular complexity index is 2990. The third kappa shape index (κ3) is 4.52. The first-order valence-corrected chi connectivity index (χ1v) is 20.1. The lowest BCUT2D eigenvalue weighted by Gasteiger charge is -2.31. The lowest BCUT2D eigenvalue weighted by molar-refractivity contribution is 0.660. The fraction of sp³-hybridized carbons (Fsp3) is 0.0943. The third-order valence-electron chi connectivity index (χ3n) is 12.6. The largest absolute Gasteiger partial charge is 0.308 e. The van der Waals surface area contributed by atoms with Gasteiger partial charge in [0, 0.05) is 37.6 Å². The number of hydrogen-bond acceptors (Lipinski definition) is 2. The van der Waals surface area contributed by atoms with Gasteiger partial charge in [-0.3, -0.25) is 0 Å². The molecule has 0 aliphatic heterocycles. The van der Waals surface area contributed by atoms with Crippen LogP contribution < -0.4 is 4.90 Å². The maximum absolute atomic E-state index is 2.54. The van der Waals surface area contributed by atoms with E-state index in [0.717, 1.165) is 5.69 Å². The number of hydrogen-bond donors (Lipinski definition) is 0. The SMILES string of the molecule is CC1(C)c2ccccc2-c2c(-c3ccccc3N(c3ccc4c(c3)-c3ccccc3C4(C)c3ccccc3)c3cccc4c3sc3ccccc34)cccc21. The number of rotatable bonds is 5. The number of thiophene rings is 1. The van der Waals surface area contributed by atoms with Crippen molar-refractivity contribution >= 4 is 48.6 Å². The molecule has 0 fully saturated rings. The molecule has 1 unspecified atom stereocenters. The van der Waals surface area contributed by atoms with Crippen LogP contribution in [0.1, 0.15) is 48.6 Å². The van der Waals surface area contributed by atoms with E-state index in [2.05, 4.69) is 208 Å². The minimum Gasteiger partial charge on any atom is -0.308 e. The summed E-state index contributed by atoms with van der Waals surface area (Å²) >= 11 is 1.89. The average Bonchev–Trinajstić information content (AvgIpc) is 3.83. The van der Waals surface area contributed by atoms with Gasteiger partial charge in [-0.1, -0.05) is 166 Å². The molecule has 9 aromatic rings. The van der Waals surface area contributed by atoms with Crippen LogP contribution in [-0.4, -0.2) is 0 Å². The minimum atomic E-state index is -0.259. The molecule has 0 saturated carbocycles. The van der Waals surface area contributed by atoms with Crippen LogP contribution in [0.5, 0.6) is 0 Å². The van der Waals surface area contributed by atoms with E-state index in [0.29, 0.717) is 0 Å². The van der Waals surface area contributed by atoms with Gasteiger partial charge in [-0.15, -0.1) is 11.3 Å². The second-order valence-electron chi connectivity index (χ2n) is 15.8. The summed E-state index contributed by atoms with van der Waals surface area (Å²) in [5, 5.41) is 2.60. The normalized spacial score (nSPS) is 16.1. The highest BCUT2D eigenvalue weighted by Gasteiger charge is 2.41. The molecule has 2 heteroatoms. The number of fused-ring (bicyclic) bond motifs is 9. The van der Waals surface area contributed by atoms with Crippen LogP contribution in [-0.2, 0) is 10.8 Å². The zero-order valence-corrected chi connectivity index (χ0v) is 32.0. The molecule has 8 aromatic carbocycles. The van der Waals surface area contributed by atoms with E-state index < -0.39 is 0 Å². The average molecular weight is 722 g/mol. The van der Waals surface area contributed by atoms with E-state index in [-0.39, 0.29) is 10.8 Å². The van der Waals surface area contributed by atoms with Crippen molar-refractivity contribution in [2.24, 2.45) is 0 Å². The van der Waals surface area contributed by atoms with Gasteiger partial charge in [-0.2, -0.15) is 0 Å². The predicted octanol–water partition coefficient (Wildman–Crippen LogP) is 14.8. The Morgan fingerprint density at radius 2 is 1.02 bits per heavy atom.